The summed E-state index contributed by atoms with van der Waals surface area (Å²) in [4.78, 5) is 12.6. The number of carbonyl (C=O) groups is 1. The number of hydrogen-bond acceptors (Lipinski definition) is 3. The van der Waals surface area contributed by atoms with Crippen LogP contribution >= 0.6 is 23.2 Å². The van der Waals surface area contributed by atoms with Crippen molar-refractivity contribution in [2.24, 2.45) is 0 Å². The molecule has 5 nitrogen and oxygen atoms in total. The van der Waals surface area contributed by atoms with E-state index in [2.05, 4.69) is 30.4 Å². The molecule has 0 aromatic heterocycles. The number of aryl methyl sites for hydroxylation is 2. The molecule has 174 valence electrons. The fourth-order valence-corrected chi connectivity index (χ4v) is 5.42. The van der Waals surface area contributed by atoms with Gasteiger partial charge < -0.3 is 5.32 Å². The quantitative estimate of drug-likeness (QED) is 0.484. The molecular weight excluding hydrogens is 467 g/mol. The third-order valence-electron chi connectivity index (χ3n) is 5.87. The average molecular weight is 497 g/mol. The topological polar surface area (TPSA) is 66.5 Å². The summed E-state index contributed by atoms with van der Waals surface area (Å²) >= 11 is 12.0. The van der Waals surface area contributed by atoms with E-state index in [1.807, 2.05) is 0 Å². The number of rotatable bonds is 9. The van der Waals surface area contributed by atoms with Crippen molar-refractivity contribution < 1.29 is 13.2 Å². The summed E-state index contributed by atoms with van der Waals surface area (Å²) in [6, 6.07) is 11.2. The van der Waals surface area contributed by atoms with E-state index in [9.17, 15) is 13.2 Å². The standard InChI is InChI=1S/C24H30Cl2N2O3S/c1-3-23(19-11-10-17-7-4-5-8-18(17)15-19)27-24(29)9-6-14-28(32(2,30)31)20-12-13-21(25)22(26)16-20/h10-13,15-16,23H,3-9,14H2,1-2H3,(H,27,29)/t23-/m1/s1. The lowest BCUT2D eigenvalue weighted by molar-refractivity contribution is -0.121. The number of halogens is 2. The molecule has 0 heterocycles. The van der Waals surface area contributed by atoms with Crippen LogP contribution in [-0.4, -0.2) is 27.1 Å². The Hall–Kier alpha value is -1.76. The molecule has 1 aliphatic rings. The molecule has 2 aromatic rings. The van der Waals surface area contributed by atoms with Crippen LogP contribution in [0.5, 0.6) is 0 Å². The van der Waals surface area contributed by atoms with Gasteiger partial charge in [0.05, 0.1) is 28.0 Å². The smallest absolute Gasteiger partial charge is 0.232 e. The maximum Gasteiger partial charge on any atom is 0.232 e. The van der Waals surface area contributed by atoms with Crippen molar-refractivity contribution in [1.82, 2.24) is 5.32 Å². The lowest BCUT2D eigenvalue weighted by Gasteiger charge is -2.24. The Kier molecular flexibility index (Phi) is 8.48. The molecule has 1 atom stereocenters. The highest BCUT2D eigenvalue weighted by Gasteiger charge is 2.20. The van der Waals surface area contributed by atoms with Crippen molar-refractivity contribution >= 4 is 44.8 Å². The van der Waals surface area contributed by atoms with Crippen LogP contribution in [0.4, 0.5) is 5.69 Å². The normalized spacial score (nSPS) is 14.5. The first-order valence-electron chi connectivity index (χ1n) is 11.0. The Morgan fingerprint density at radius 1 is 1.06 bits per heavy atom. The lowest BCUT2D eigenvalue weighted by atomic mass is 9.89. The zero-order valence-corrected chi connectivity index (χ0v) is 20.9. The molecule has 8 heteroatoms. The highest BCUT2D eigenvalue weighted by atomic mass is 35.5. The minimum absolute atomic E-state index is 0.0455. The number of nitrogens with zero attached hydrogens (tertiary/aromatic N) is 1. The second kappa shape index (κ2) is 10.9. The predicted molar refractivity (Wildman–Crippen MR) is 132 cm³/mol. The summed E-state index contributed by atoms with van der Waals surface area (Å²) in [5.41, 5.74) is 4.38. The van der Waals surface area contributed by atoms with Gasteiger partial charge in [-0.25, -0.2) is 8.42 Å². The number of nitrogens with one attached hydrogen (secondary N) is 1. The van der Waals surface area contributed by atoms with Crippen LogP contribution in [0.25, 0.3) is 0 Å². The Balaban J connectivity index is 1.60. The number of anilines is 1. The van der Waals surface area contributed by atoms with Crippen LogP contribution in [0.3, 0.4) is 0 Å². The first-order valence-corrected chi connectivity index (χ1v) is 13.6. The largest absolute Gasteiger partial charge is 0.349 e. The van der Waals surface area contributed by atoms with E-state index in [4.69, 9.17) is 23.2 Å². The Bertz CT molecular complexity index is 1070. The van der Waals surface area contributed by atoms with Gasteiger partial charge in [-0.15, -0.1) is 0 Å². The molecule has 0 saturated heterocycles. The van der Waals surface area contributed by atoms with Crippen molar-refractivity contribution in [1.29, 1.82) is 0 Å². The molecule has 32 heavy (non-hydrogen) atoms. The zero-order valence-electron chi connectivity index (χ0n) is 18.5. The SMILES string of the molecule is CC[C@@H](NC(=O)CCCN(c1ccc(Cl)c(Cl)c1)S(C)(=O)=O)c1ccc2c(c1)CCCC2. The van der Waals surface area contributed by atoms with Gasteiger partial charge in [-0.2, -0.15) is 0 Å². The third kappa shape index (κ3) is 6.40. The van der Waals surface area contributed by atoms with Gasteiger partial charge in [-0.05, 0) is 73.4 Å². The Morgan fingerprint density at radius 3 is 2.44 bits per heavy atom. The van der Waals surface area contributed by atoms with E-state index >= 15 is 0 Å². The molecule has 0 radical (unpaired) electrons. The molecule has 1 amide bonds. The van der Waals surface area contributed by atoms with E-state index in [0.29, 0.717) is 17.1 Å². The molecule has 0 unspecified atom stereocenters. The minimum Gasteiger partial charge on any atom is -0.349 e. The van der Waals surface area contributed by atoms with Gasteiger partial charge in [0.15, 0.2) is 0 Å². The third-order valence-corrected chi connectivity index (χ3v) is 7.81. The van der Waals surface area contributed by atoms with Crippen LogP contribution in [0, 0.1) is 0 Å². The van der Waals surface area contributed by atoms with Gasteiger partial charge in [0, 0.05) is 13.0 Å². The van der Waals surface area contributed by atoms with E-state index in [1.54, 1.807) is 12.1 Å². The van der Waals surface area contributed by atoms with E-state index in [0.717, 1.165) is 31.1 Å². The lowest BCUT2D eigenvalue weighted by Crippen LogP contribution is -2.33. The van der Waals surface area contributed by atoms with Gasteiger partial charge in [0.25, 0.3) is 0 Å². The van der Waals surface area contributed by atoms with Crippen LogP contribution in [0.1, 0.15) is 61.8 Å². The molecule has 0 aliphatic heterocycles. The highest BCUT2D eigenvalue weighted by molar-refractivity contribution is 7.92. The summed E-state index contributed by atoms with van der Waals surface area (Å²) in [7, 11) is -3.53. The van der Waals surface area contributed by atoms with Crippen LogP contribution in [-0.2, 0) is 27.7 Å². The fraction of sp³-hybridized carbons (Fsp3) is 0.458. The summed E-state index contributed by atoms with van der Waals surface area (Å²) in [6.45, 7) is 2.24. The average Bonchev–Trinajstić information content (AvgIpc) is 2.76. The predicted octanol–water partition coefficient (Wildman–Crippen LogP) is 5.69. The monoisotopic (exact) mass is 496 g/mol. The first kappa shape index (κ1) is 24.9. The zero-order chi connectivity index (χ0) is 23.3. The van der Waals surface area contributed by atoms with Gasteiger partial charge in [0.1, 0.15) is 0 Å². The van der Waals surface area contributed by atoms with Crippen molar-refractivity contribution in [3.63, 3.8) is 0 Å². The maximum atomic E-state index is 12.6. The molecule has 1 aliphatic carbocycles. The maximum absolute atomic E-state index is 12.6. The van der Waals surface area contributed by atoms with Crippen molar-refractivity contribution in [3.8, 4) is 0 Å². The number of hydrogen-bond donors (Lipinski definition) is 1. The molecule has 0 spiro atoms. The first-order chi connectivity index (χ1) is 15.2. The summed E-state index contributed by atoms with van der Waals surface area (Å²) in [5, 5.41) is 3.75. The number of sulfonamides is 1. The van der Waals surface area contributed by atoms with Crippen molar-refractivity contribution in [3.05, 3.63) is 63.1 Å². The van der Waals surface area contributed by atoms with Gasteiger partial charge in [0.2, 0.25) is 15.9 Å². The molecule has 2 aromatic carbocycles. The van der Waals surface area contributed by atoms with Crippen LogP contribution in [0.15, 0.2) is 36.4 Å². The van der Waals surface area contributed by atoms with E-state index in [-0.39, 0.29) is 29.9 Å². The van der Waals surface area contributed by atoms with Gasteiger partial charge in [-0.1, -0.05) is 48.3 Å². The summed E-state index contributed by atoms with van der Waals surface area (Å²) < 4.78 is 25.8. The van der Waals surface area contributed by atoms with Crippen LogP contribution < -0.4 is 9.62 Å². The number of benzene rings is 2. The number of carbonyl (C=O) groups excluding carboxylic acids is 1. The number of amides is 1. The molecule has 1 N–H and O–H groups in total. The molecule has 0 saturated carbocycles. The minimum atomic E-state index is -3.53. The van der Waals surface area contributed by atoms with Crippen LogP contribution in [0.2, 0.25) is 10.0 Å². The highest BCUT2D eigenvalue weighted by Crippen LogP contribution is 2.29. The Labute approximate surface area is 201 Å². The Morgan fingerprint density at radius 2 is 1.78 bits per heavy atom. The number of fused-ring (bicyclic) bond motifs is 1. The van der Waals surface area contributed by atoms with E-state index in [1.165, 1.54) is 34.3 Å². The molecular formula is C24H30Cl2N2O3S. The second-order valence-corrected chi connectivity index (χ2v) is 11.0. The van der Waals surface area contributed by atoms with Crippen molar-refractivity contribution in [2.75, 3.05) is 17.1 Å². The molecule has 3 rings (SSSR count). The van der Waals surface area contributed by atoms with Crippen molar-refractivity contribution in [2.45, 2.75) is 57.9 Å². The summed E-state index contributed by atoms with van der Waals surface area (Å²) in [6.07, 6.45) is 7.25. The second-order valence-electron chi connectivity index (χ2n) is 8.30. The van der Waals surface area contributed by atoms with Gasteiger partial charge in [-0.3, -0.25) is 9.10 Å². The van der Waals surface area contributed by atoms with Gasteiger partial charge >= 0.3 is 0 Å². The molecule has 0 fully saturated rings. The fourth-order valence-electron chi connectivity index (χ4n) is 4.17. The van der Waals surface area contributed by atoms with E-state index < -0.39 is 10.0 Å². The molecule has 0 bridgehead atoms. The summed E-state index contributed by atoms with van der Waals surface area (Å²) in [5.74, 6) is -0.0860.